The average Bonchev–Trinajstić information content (AvgIpc) is 2.72. The van der Waals surface area contributed by atoms with Gasteiger partial charge in [0, 0.05) is 11.1 Å². The summed E-state index contributed by atoms with van der Waals surface area (Å²) >= 11 is 11.6. The molecule has 0 radical (unpaired) electrons. The van der Waals surface area contributed by atoms with E-state index in [2.05, 4.69) is 15.6 Å². The number of amidine groups is 1. The number of nitrogens with zero attached hydrogens (tertiary/aromatic N) is 3. The van der Waals surface area contributed by atoms with Crippen LogP contribution in [0.4, 0.5) is 4.39 Å². The molecule has 0 saturated carbocycles. The summed E-state index contributed by atoms with van der Waals surface area (Å²) in [6.07, 6.45) is 0. The van der Waals surface area contributed by atoms with Crippen LogP contribution < -0.4 is 51.4 Å². The molecule has 0 fully saturated rings. The van der Waals surface area contributed by atoms with E-state index in [1.54, 1.807) is 14.0 Å². The summed E-state index contributed by atoms with van der Waals surface area (Å²) < 4.78 is 13.5. The number of benzene rings is 2. The van der Waals surface area contributed by atoms with Crippen LogP contribution in [0.2, 0.25) is 10.0 Å². The van der Waals surface area contributed by atoms with Gasteiger partial charge < -0.3 is 15.0 Å². The van der Waals surface area contributed by atoms with Crippen LogP contribution in [0.1, 0.15) is 43.0 Å². The van der Waals surface area contributed by atoms with Crippen molar-refractivity contribution >= 4 is 34.7 Å². The first-order valence-corrected chi connectivity index (χ1v) is 9.76. The number of halogens is 3. The number of aryl methyl sites for hydroxylation is 1. The van der Waals surface area contributed by atoms with E-state index in [0.717, 1.165) is 16.7 Å². The number of rotatable bonds is 6. The van der Waals surface area contributed by atoms with Crippen molar-refractivity contribution in [1.29, 1.82) is 0 Å². The Bertz CT molecular complexity index is 870. The van der Waals surface area contributed by atoms with E-state index in [9.17, 15) is 4.39 Å². The smallest absolute Gasteiger partial charge is 0.497 e. The molecule has 0 unspecified atom stereocenters. The molecule has 0 aliphatic carbocycles. The topological polar surface area (TPSA) is 57.3 Å². The molecule has 158 valence electrons. The SMILES string of the molecule is CC.C[N-]/C(=N/OC)c1cccc(C)c1CO/N=C(\C)c1cc(Cl)c(F)c(Cl)c1.[K+]. The van der Waals surface area contributed by atoms with Crippen LogP contribution in [0.3, 0.4) is 0 Å². The maximum absolute atomic E-state index is 13.5. The second-order valence-corrected chi connectivity index (χ2v) is 6.44. The summed E-state index contributed by atoms with van der Waals surface area (Å²) in [7, 11) is 3.10. The van der Waals surface area contributed by atoms with E-state index in [4.69, 9.17) is 32.9 Å². The molecule has 0 heterocycles. The van der Waals surface area contributed by atoms with Crippen LogP contribution in [0, 0.1) is 12.7 Å². The minimum Gasteiger partial charge on any atom is -0.497 e. The quantitative estimate of drug-likeness (QED) is 0.208. The Morgan fingerprint density at radius 1 is 1.13 bits per heavy atom. The van der Waals surface area contributed by atoms with Gasteiger partial charge in [0.25, 0.3) is 0 Å². The third-order valence-corrected chi connectivity index (χ3v) is 4.40. The van der Waals surface area contributed by atoms with E-state index >= 15 is 0 Å². The van der Waals surface area contributed by atoms with Crippen LogP contribution in [0.5, 0.6) is 0 Å². The largest absolute Gasteiger partial charge is 1.00 e. The van der Waals surface area contributed by atoms with Crippen molar-refractivity contribution in [2.24, 2.45) is 10.3 Å². The van der Waals surface area contributed by atoms with Crippen LogP contribution in [-0.4, -0.2) is 25.7 Å². The van der Waals surface area contributed by atoms with E-state index < -0.39 is 5.82 Å². The zero-order chi connectivity index (χ0) is 22.0. The zero-order valence-corrected chi connectivity index (χ0v) is 23.0. The first-order valence-electron chi connectivity index (χ1n) is 9.00. The van der Waals surface area contributed by atoms with E-state index in [1.165, 1.54) is 19.2 Å². The van der Waals surface area contributed by atoms with Gasteiger partial charge in [-0.3, -0.25) is 5.16 Å². The van der Waals surface area contributed by atoms with Crippen molar-refractivity contribution < 1.29 is 65.5 Å². The van der Waals surface area contributed by atoms with Gasteiger partial charge in [0.05, 0.1) is 22.9 Å². The van der Waals surface area contributed by atoms with E-state index in [-0.39, 0.29) is 68.0 Å². The molecule has 2 aromatic rings. The Hall–Kier alpha value is -0.674. The van der Waals surface area contributed by atoms with Gasteiger partial charge in [-0.2, -0.15) is 0 Å². The molecule has 0 aliphatic heterocycles. The van der Waals surface area contributed by atoms with Gasteiger partial charge in [-0.25, -0.2) is 4.39 Å². The van der Waals surface area contributed by atoms with Gasteiger partial charge in [-0.15, -0.1) is 0 Å². The summed E-state index contributed by atoms with van der Waals surface area (Å²) in [6.45, 7) is 7.87. The molecule has 2 rings (SSSR count). The predicted molar refractivity (Wildman–Crippen MR) is 119 cm³/mol. The van der Waals surface area contributed by atoms with Gasteiger partial charge in [0.1, 0.15) is 6.61 Å². The molecule has 0 atom stereocenters. The maximum atomic E-state index is 13.5. The first-order chi connectivity index (χ1) is 13.9. The third kappa shape index (κ3) is 8.11. The summed E-state index contributed by atoms with van der Waals surface area (Å²) in [5.41, 5.74) is 3.76. The maximum Gasteiger partial charge on any atom is 1.00 e. The van der Waals surface area contributed by atoms with Crippen molar-refractivity contribution in [2.75, 3.05) is 14.2 Å². The molecule has 9 heteroatoms. The monoisotopic (exact) mass is 479 g/mol. The van der Waals surface area contributed by atoms with Crippen molar-refractivity contribution in [3.8, 4) is 0 Å². The van der Waals surface area contributed by atoms with Crippen molar-refractivity contribution in [3.63, 3.8) is 0 Å². The molecule has 30 heavy (non-hydrogen) atoms. The van der Waals surface area contributed by atoms with Crippen LogP contribution >= 0.6 is 23.2 Å². The van der Waals surface area contributed by atoms with Gasteiger partial charge in [0.15, 0.2) is 5.82 Å². The summed E-state index contributed by atoms with van der Waals surface area (Å²) in [4.78, 5) is 10.4. The van der Waals surface area contributed by atoms with Gasteiger partial charge in [-0.05, 0) is 42.9 Å². The Morgan fingerprint density at radius 2 is 1.73 bits per heavy atom. The predicted octanol–water partition coefficient (Wildman–Crippen LogP) is 3.72. The fraction of sp³-hybridized carbons (Fsp3) is 0.333. The molecule has 0 aliphatic rings. The Kier molecular flexibility index (Phi) is 14.8. The molecule has 0 saturated heterocycles. The summed E-state index contributed by atoms with van der Waals surface area (Å²) in [5, 5.41) is 12.0. The van der Waals surface area contributed by atoms with E-state index in [0.29, 0.717) is 17.1 Å². The molecule has 0 spiro atoms. The van der Waals surface area contributed by atoms with Crippen LogP contribution in [0.25, 0.3) is 5.32 Å². The Morgan fingerprint density at radius 3 is 2.27 bits per heavy atom. The normalized spacial score (nSPS) is 11.1. The zero-order valence-electron chi connectivity index (χ0n) is 18.4. The second-order valence-electron chi connectivity index (χ2n) is 5.63. The molecule has 0 N–H and O–H groups in total. The number of hydrogen-bond acceptors (Lipinski definition) is 4. The minimum atomic E-state index is -0.659. The number of hydrogen-bond donors (Lipinski definition) is 0. The molecule has 0 aromatic heterocycles. The van der Waals surface area contributed by atoms with Crippen molar-refractivity contribution in [2.45, 2.75) is 34.3 Å². The molecule has 0 amide bonds. The molecule has 2 aromatic carbocycles. The number of oxime groups is 2. The summed E-state index contributed by atoms with van der Waals surface area (Å²) in [5.74, 6) is -0.203. The average molecular weight is 480 g/mol. The van der Waals surface area contributed by atoms with Gasteiger partial charge >= 0.3 is 51.4 Å². The van der Waals surface area contributed by atoms with Gasteiger partial charge in [0.2, 0.25) is 0 Å². The van der Waals surface area contributed by atoms with Crippen molar-refractivity contribution in [3.05, 3.63) is 73.8 Å². The Balaban J connectivity index is 0.00000272. The minimum absolute atomic E-state index is 0. The van der Waals surface area contributed by atoms with Crippen LogP contribution in [-0.2, 0) is 16.3 Å². The molecular formula is C21H25Cl2FKN3O2. The fourth-order valence-electron chi connectivity index (χ4n) is 2.41. The Labute approximate surface area is 230 Å². The molecule has 5 nitrogen and oxygen atoms in total. The van der Waals surface area contributed by atoms with Crippen molar-refractivity contribution in [1.82, 2.24) is 0 Å². The second kappa shape index (κ2) is 15.2. The molecule has 0 bridgehead atoms. The molecular weight excluding hydrogens is 455 g/mol. The van der Waals surface area contributed by atoms with E-state index in [1.807, 2.05) is 39.0 Å². The summed E-state index contributed by atoms with van der Waals surface area (Å²) in [6, 6.07) is 8.64. The standard InChI is InChI=1S/C19H19Cl2FN3O2.C2H6.K/c1-11-6-5-7-14(19(23-3)25-26-4)15(11)10-27-24-12(2)13-8-16(20)18(22)17(21)9-13;1-2;/h5-9H,10H2,1-4H3;1-2H3;/q-1;;+1/b24-12+;;. The van der Waals surface area contributed by atoms with Crippen LogP contribution in [0.15, 0.2) is 40.6 Å². The first kappa shape index (κ1) is 29.3. The van der Waals surface area contributed by atoms with Gasteiger partial charge in [-0.1, -0.05) is 67.5 Å². The third-order valence-electron chi connectivity index (χ3n) is 3.85. The fourth-order valence-corrected chi connectivity index (χ4v) is 2.90.